The van der Waals surface area contributed by atoms with Crippen molar-refractivity contribution in [3.63, 3.8) is 0 Å². The zero-order valence-electron chi connectivity index (χ0n) is 16.5. The molecule has 0 saturated carbocycles. The zero-order chi connectivity index (χ0) is 20.3. The van der Waals surface area contributed by atoms with Crippen LogP contribution in [0.3, 0.4) is 0 Å². The molecule has 2 aromatic heterocycles. The first-order valence-electron chi connectivity index (χ1n) is 9.06. The van der Waals surface area contributed by atoms with E-state index in [1.807, 2.05) is 20.8 Å². The van der Waals surface area contributed by atoms with Gasteiger partial charge >= 0.3 is 5.69 Å². The van der Waals surface area contributed by atoms with Crippen LogP contribution in [0.1, 0.15) is 55.4 Å². The number of carbonyl (C=O) groups is 1. The molecule has 0 saturated heterocycles. The highest BCUT2D eigenvalue weighted by Gasteiger charge is 2.29. The predicted octanol–water partition coefficient (Wildman–Crippen LogP) is 1.83. The van der Waals surface area contributed by atoms with Crippen LogP contribution in [-0.4, -0.2) is 27.2 Å². The van der Waals surface area contributed by atoms with Gasteiger partial charge in [-0.05, 0) is 26.2 Å². The number of hydrogen-bond acceptors (Lipinski definition) is 6. The summed E-state index contributed by atoms with van der Waals surface area (Å²) in [6.45, 7) is 9.74. The predicted molar refractivity (Wildman–Crippen MR) is 103 cm³/mol. The maximum atomic E-state index is 13.2. The standard InChI is InChI=1S/C18H27N5O4/c1-6-7-8-22-15(19)14(16(24)20-18(22)26)23(9-10(2)3)17(25)13-11(4)21-27-12(13)5/h10H,6-9,19H2,1-5H3,(H,20,24,26). The summed E-state index contributed by atoms with van der Waals surface area (Å²) in [5.74, 6) is -0.0272. The summed E-state index contributed by atoms with van der Waals surface area (Å²) in [5.41, 5.74) is 5.61. The van der Waals surface area contributed by atoms with E-state index in [1.54, 1.807) is 13.8 Å². The molecule has 3 N–H and O–H groups in total. The molecule has 0 radical (unpaired) electrons. The van der Waals surface area contributed by atoms with E-state index in [9.17, 15) is 14.4 Å². The molecule has 0 aromatic carbocycles. The normalized spacial score (nSPS) is 11.2. The van der Waals surface area contributed by atoms with Crippen molar-refractivity contribution in [2.75, 3.05) is 17.2 Å². The zero-order valence-corrected chi connectivity index (χ0v) is 16.5. The number of nitrogens with two attached hydrogens (primary N) is 1. The Labute approximate surface area is 157 Å². The number of rotatable bonds is 7. The highest BCUT2D eigenvalue weighted by atomic mass is 16.5. The third-order valence-electron chi connectivity index (χ3n) is 4.26. The van der Waals surface area contributed by atoms with E-state index in [4.69, 9.17) is 10.3 Å². The molecule has 0 aliphatic heterocycles. The van der Waals surface area contributed by atoms with Gasteiger partial charge in [-0.15, -0.1) is 0 Å². The second kappa shape index (κ2) is 8.24. The molecule has 0 bridgehead atoms. The SMILES string of the molecule is CCCCn1c(N)c(N(CC(C)C)C(=O)c2c(C)noc2C)c(=O)[nH]c1=O. The van der Waals surface area contributed by atoms with Crippen molar-refractivity contribution >= 4 is 17.4 Å². The van der Waals surface area contributed by atoms with Crippen LogP contribution in [0.4, 0.5) is 11.5 Å². The van der Waals surface area contributed by atoms with Crippen LogP contribution in [0.5, 0.6) is 0 Å². The number of H-pyrrole nitrogens is 1. The maximum Gasteiger partial charge on any atom is 0.330 e. The largest absolute Gasteiger partial charge is 0.383 e. The average molecular weight is 377 g/mol. The Hall–Kier alpha value is -2.84. The summed E-state index contributed by atoms with van der Waals surface area (Å²) < 4.78 is 6.39. The number of aromatic amines is 1. The smallest absolute Gasteiger partial charge is 0.330 e. The number of nitrogens with zero attached hydrogens (tertiary/aromatic N) is 3. The lowest BCUT2D eigenvalue weighted by Gasteiger charge is -2.26. The van der Waals surface area contributed by atoms with E-state index in [1.165, 1.54) is 9.47 Å². The minimum Gasteiger partial charge on any atom is -0.383 e. The second-order valence-electron chi connectivity index (χ2n) is 7.01. The van der Waals surface area contributed by atoms with Crippen LogP contribution in [0.2, 0.25) is 0 Å². The Bertz CT molecular complexity index is 919. The lowest BCUT2D eigenvalue weighted by molar-refractivity contribution is 0.0981. The third kappa shape index (κ3) is 4.12. The summed E-state index contributed by atoms with van der Waals surface area (Å²) in [6.07, 6.45) is 1.58. The van der Waals surface area contributed by atoms with Crippen molar-refractivity contribution in [3.05, 3.63) is 37.9 Å². The van der Waals surface area contributed by atoms with Crippen molar-refractivity contribution in [2.24, 2.45) is 5.92 Å². The molecule has 148 valence electrons. The number of anilines is 2. The Morgan fingerprint density at radius 3 is 2.52 bits per heavy atom. The Morgan fingerprint density at radius 2 is 2.00 bits per heavy atom. The highest BCUT2D eigenvalue weighted by Crippen LogP contribution is 2.23. The highest BCUT2D eigenvalue weighted by molar-refractivity contribution is 6.08. The summed E-state index contributed by atoms with van der Waals surface area (Å²) in [4.78, 5) is 41.6. The van der Waals surface area contributed by atoms with Crippen LogP contribution in [0.15, 0.2) is 14.1 Å². The molecule has 9 nitrogen and oxygen atoms in total. The van der Waals surface area contributed by atoms with Crippen LogP contribution >= 0.6 is 0 Å². The maximum absolute atomic E-state index is 13.2. The summed E-state index contributed by atoms with van der Waals surface area (Å²) in [7, 11) is 0. The second-order valence-corrected chi connectivity index (χ2v) is 7.01. The molecule has 27 heavy (non-hydrogen) atoms. The number of unbranched alkanes of at least 4 members (excludes halogenated alkanes) is 1. The van der Waals surface area contributed by atoms with Crippen LogP contribution < -0.4 is 21.9 Å². The first kappa shape index (κ1) is 20.5. The van der Waals surface area contributed by atoms with Gasteiger partial charge in [0, 0.05) is 13.1 Å². The molecule has 2 aromatic rings. The molecule has 0 aliphatic carbocycles. The van der Waals surface area contributed by atoms with Crippen molar-refractivity contribution in [1.82, 2.24) is 14.7 Å². The molecule has 0 aliphatic rings. The van der Waals surface area contributed by atoms with Crippen molar-refractivity contribution in [3.8, 4) is 0 Å². The molecule has 0 atom stereocenters. The molecule has 1 amide bonds. The van der Waals surface area contributed by atoms with E-state index < -0.39 is 17.2 Å². The number of carbonyl (C=O) groups excluding carboxylic acids is 1. The van der Waals surface area contributed by atoms with Gasteiger partial charge in [0.15, 0.2) is 5.69 Å². The van der Waals surface area contributed by atoms with Crippen LogP contribution in [0.25, 0.3) is 0 Å². The van der Waals surface area contributed by atoms with Crippen LogP contribution in [0, 0.1) is 19.8 Å². The molecule has 2 heterocycles. The summed E-state index contributed by atoms with van der Waals surface area (Å²) in [5, 5.41) is 3.81. The van der Waals surface area contributed by atoms with E-state index in [-0.39, 0.29) is 24.0 Å². The van der Waals surface area contributed by atoms with Crippen molar-refractivity contribution in [2.45, 2.75) is 54.0 Å². The van der Waals surface area contributed by atoms with E-state index in [2.05, 4.69) is 10.1 Å². The van der Waals surface area contributed by atoms with E-state index in [0.717, 1.165) is 12.8 Å². The van der Waals surface area contributed by atoms with Crippen molar-refractivity contribution < 1.29 is 9.32 Å². The molecule has 9 heteroatoms. The monoisotopic (exact) mass is 377 g/mol. The van der Waals surface area contributed by atoms with Crippen LogP contribution in [-0.2, 0) is 6.54 Å². The van der Waals surface area contributed by atoms with Gasteiger partial charge in [-0.3, -0.25) is 19.1 Å². The van der Waals surface area contributed by atoms with Gasteiger partial charge in [0.05, 0.1) is 5.69 Å². The quantitative estimate of drug-likeness (QED) is 0.758. The molecule has 2 rings (SSSR count). The van der Waals surface area contributed by atoms with Gasteiger partial charge in [0.1, 0.15) is 17.1 Å². The number of amides is 1. The number of aromatic nitrogens is 3. The number of aryl methyl sites for hydroxylation is 2. The molecule has 0 spiro atoms. The lowest BCUT2D eigenvalue weighted by Crippen LogP contribution is -2.43. The topological polar surface area (TPSA) is 127 Å². The van der Waals surface area contributed by atoms with Gasteiger partial charge in [-0.25, -0.2) is 4.79 Å². The van der Waals surface area contributed by atoms with Gasteiger partial charge < -0.3 is 15.2 Å². The van der Waals surface area contributed by atoms with Gasteiger partial charge in [0.25, 0.3) is 11.5 Å². The number of nitrogen functional groups attached to an aromatic ring is 1. The fourth-order valence-electron chi connectivity index (χ4n) is 2.94. The Kier molecular flexibility index (Phi) is 6.24. The minimum absolute atomic E-state index is 0.0158. The summed E-state index contributed by atoms with van der Waals surface area (Å²) in [6, 6.07) is 0. The lowest BCUT2D eigenvalue weighted by atomic mass is 10.1. The Balaban J connectivity index is 2.65. The number of hydrogen-bond donors (Lipinski definition) is 2. The van der Waals surface area contributed by atoms with Gasteiger partial charge in [-0.2, -0.15) is 0 Å². The van der Waals surface area contributed by atoms with Gasteiger partial charge in [0.2, 0.25) is 0 Å². The average Bonchev–Trinajstić information content (AvgIpc) is 2.91. The first-order chi connectivity index (χ1) is 12.7. The Morgan fingerprint density at radius 1 is 1.33 bits per heavy atom. The van der Waals surface area contributed by atoms with Gasteiger partial charge in [-0.1, -0.05) is 32.3 Å². The van der Waals surface area contributed by atoms with E-state index in [0.29, 0.717) is 23.6 Å². The molecule has 0 fully saturated rings. The third-order valence-corrected chi connectivity index (χ3v) is 4.26. The fourth-order valence-corrected chi connectivity index (χ4v) is 2.94. The molecular formula is C18H27N5O4. The molecular weight excluding hydrogens is 350 g/mol. The summed E-state index contributed by atoms with van der Waals surface area (Å²) >= 11 is 0. The number of nitrogens with one attached hydrogen (secondary N) is 1. The fraction of sp³-hybridized carbons (Fsp3) is 0.556. The van der Waals surface area contributed by atoms with Crippen molar-refractivity contribution in [1.29, 1.82) is 0 Å². The minimum atomic E-state index is -0.689. The first-order valence-corrected chi connectivity index (χ1v) is 9.06. The molecule has 0 unspecified atom stereocenters. The van der Waals surface area contributed by atoms with E-state index >= 15 is 0 Å².